The Balaban J connectivity index is 1.80. The Hall–Kier alpha value is -4.56. The third kappa shape index (κ3) is 4.29. The number of nitrogens with one attached hydrogen (secondary N) is 1. The molecule has 0 saturated heterocycles. The molecule has 190 valence electrons. The van der Waals surface area contributed by atoms with Crippen LogP contribution in [0.3, 0.4) is 0 Å². The number of hydrogen-bond donors (Lipinski definition) is 2. The number of aromatic amines is 1. The Bertz CT molecular complexity index is 1750. The molecule has 0 aliphatic heterocycles. The molecule has 0 atom stereocenters. The Morgan fingerprint density at radius 2 is 1.66 bits per heavy atom. The molecule has 0 unspecified atom stereocenters. The lowest BCUT2D eigenvalue weighted by atomic mass is 9.84. The SMILES string of the molecule is CC(C)c1ccccc1OC(=O)c1cc2ccccc2c(-c2c(C(C)(C)C)[nH]c3ccc(C#N)cc23)c1O. The van der Waals surface area contributed by atoms with Gasteiger partial charge in [0.05, 0.1) is 11.6 Å². The number of carbonyl (C=O) groups excluding carboxylic acids is 1. The van der Waals surface area contributed by atoms with Gasteiger partial charge in [-0.1, -0.05) is 77.1 Å². The van der Waals surface area contributed by atoms with E-state index in [0.29, 0.717) is 16.9 Å². The predicted molar refractivity (Wildman–Crippen MR) is 152 cm³/mol. The molecule has 0 amide bonds. The lowest BCUT2D eigenvalue weighted by Crippen LogP contribution is -2.14. The van der Waals surface area contributed by atoms with E-state index in [0.717, 1.165) is 38.5 Å². The summed E-state index contributed by atoms with van der Waals surface area (Å²) >= 11 is 0. The van der Waals surface area contributed by atoms with Gasteiger partial charge in [-0.15, -0.1) is 0 Å². The van der Waals surface area contributed by atoms with Gasteiger partial charge in [-0.05, 0) is 52.6 Å². The number of esters is 1. The number of para-hydroxylation sites is 1. The molecule has 0 fully saturated rings. The van der Waals surface area contributed by atoms with Gasteiger partial charge in [0.1, 0.15) is 17.1 Å². The topological polar surface area (TPSA) is 86.1 Å². The molecule has 0 saturated carbocycles. The van der Waals surface area contributed by atoms with Gasteiger partial charge in [-0.3, -0.25) is 0 Å². The summed E-state index contributed by atoms with van der Waals surface area (Å²) in [6.45, 7) is 10.4. The monoisotopic (exact) mass is 502 g/mol. The highest BCUT2D eigenvalue weighted by Crippen LogP contribution is 2.47. The van der Waals surface area contributed by atoms with E-state index in [9.17, 15) is 15.2 Å². The van der Waals surface area contributed by atoms with Gasteiger partial charge in [0.15, 0.2) is 0 Å². The lowest BCUT2D eigenvalue weighted by Gasteiger charge is -2.22. The van der Waals surface area contributed by atoms with E-state index < -0.39 is 5.97 Å². The van der Waals surface area contributed by atoms with Gasteiger partial charge in [0.25, 0.3) is 0 Å². The summed E-state index contributed by atoms with van der Waals surface area (Å²) < 4.78 is 5.87. The molecule has 0 radical (unpaired) electrons. The average Bonchev–Trinajstić information content (AvgIpc) is 3.27. The molecule has 0 aliphatic carbocycles. The fourth-order valence-corrected chi connectivity index (χ4v) is 5.03. The zero-order valence-electron chi connectivity index (χ0n) is 22.2. The predicted octanol–water partition coefficient (Wildman–Crippen LogP) is 8.21. The lowest BCUT2D eigenvalue weighted by molar-refractivity contribution is 0.0730. The third-order valence-corrected chi connectivity index (χ3v) is 6.91. The molecule has 1 heterocycles. The smallest absolute Gasteiger partial charge is 0.347 e. The fraction of sp³-hybridized carbons (Fsp3) is 0.212. The molecule has 1 aromatic heterocycles. The first-order valence-corrected chi connectivity index (χ1v) is 12.7. The van der Waals surface area contributed by atoms with Crippen molar-refractivity contribution in [2.24, 2.45) is 0 Å². The van der Waals surface area contributed by atoms with E-state index in [2.05, 4.69) is 31.8 Å². The highest BCUT2D eigenvalue weighted by Gasteiger charge is 2.29. The van der Waals surface area contributed by atoms with Crippen molar-refractivity contribution in [3.63, 3.8) is 0 Å². The average molecular weight is 503 g/mol. The van der Waals surface area contributed by atoms with Crippen LogP contribution < -0.4 is 4.74 Å². The van der Waals surface area contributed by atoms with Gasteiger partial charge in [0, 0.05) is 33.1 Å². The zero-order valence-corrected chi connectivity index (χ0v) is 22.2. The number of carbonyl (C=O) groups is 1. The second-order valence-electron chi connectivity index (χ2n) is 10.9. The second-order valence-corrected chi connectivity index (χ2v) is 10.9. The van der Waals surface area contributed by atoms with Crippen LogP contribution in [0.1, 0.15) is 67.7 Å². The van der Waals surface area contributed by atoms with E-state index in [1.807, 2.05) is 68.4 Å². The third-order valence-electron chi connectivity index (χ3n) is 6.91. The van der Waals surface area contributed by atoms with Crippen molar-refractivity contribution in [2.45, 2.75) is 46.0 Å². The second kappa shape index (κ2) is 9.39. The van der Waals surface area contributed by atoms with Crippen LogP contribution in [0.2, 0.25) is 0 Å². The molecular formula is C33H30N2O3. The molecule has 0 spiro atoms. The summed E-state index contributed by atoms with van der Waals surface area (Å²) in [6, 6.07) is 24.5. The van der Waals surface area contributed by atoms with E-state index >= 15 is 0 Å². The molecule has 5 aromatic rings. The summed E-state index contributed by atoms with van der Waals surface area (Å²) in [5, 5.41) is 23.8. The molecule has 0 bridgehead atoms. The first-order chi connectivity index (χ1) is 18.1. The van der Waals surface area contributed by atoms with Crippen molar-refractivity contribution in [3.8, 4) is 28.7 Å². The molecule has 2 N–H and O–H groups in total. The minimum atomic E-state index is -0.627. The summed E-state index contributed by atoms with van der Waals surface area (Å²) in [5.74, 6) is -0.139. The Morgan fingerprint density at radius 1 is 0.947 bits per heavy atom. The quantitative estimate of drug-likeness (QED) is 0.191. The number of phenolic OH excluding ortho intramolecular Hbond substituents is 1. The van der Waals surface area contributed by atoms with E-state index in [-0.39, 0.29) is 22.6 Å². The van der Waals surface area contributed by atoms with Crippen LogP contribution in [-0.2, 0) is 5.41 Å². The normalized spacial score (nSPS) is 11.7. The Labute approximate surface area is 222 Å². The summed E-state index contributed by atoms with van der Waals surface area (Å²) in [7, 11) is 0. The number of fused-ring (bicyclic) bond motifs is 2. The standard InChI is InChI=1S/C33H30N2O3/c1-19(2)22-11-8-9-13-27(22)38-32(37)25-17-21-10-6-7-12-23(21)28(30(25)36)29-24-16-20(18-34)14-15-26(24)35-31(29)33(3,4)5/h6-17,19,35-36H,1-5H3. The Morgan fingerprint density at radius 3 is 2.37 bits per heavy atom. The Kier molecular flexibility index (Phi) is 6.20. The first kappa shape index (κ1) is 25.1. The minimum Gasteiger partial charge on any atom is -0.506 e. The van der Waals surface area contributed by atoms with Crippen molar-refractivity contribution >= 4 is 27.6 Å². The molecule has 5 rings (SSSR count). The van der Waals surface area contributed by atoms with E-state index in [1.165, 1.54) is 0 Å². The number of H-pyrrole nitrogens is 1. The number of nitriles is 1. The van der Waals surface area contributed by atoms with Gasteiger partial charge in [0.2, 0.25) is 0 Å². The van der Waals surface area contributed by atoms with Crippen molar-refractivity contribution in [2.75, 3.05) is 0 Å². The highest BCUT2D eigenvalue weighted by molar-refractivity contribution is 6.13. The molecular weight excluding hydrogens is 472 g/mol. The molecule has 5 nitrogen and oxygen atoms in total. The zero-order chi connectivity index (χ0) is 27.2. The number of nitrogens with zero attached hydrogens (tertiary/aromatic N) is 1. The molecule has 38 heavy (non-hydrogen) atoms. The largest absolute Gasteiger partial charge is 0.506 e. The fourth-order valence-electron chi connectivity index (χ4n) is 5.03. The summed E-state index contributed by atoms with van der Waals surface area (Å²) in [6.07, 6.45) is 0. The summed E-state index contributed by atoms with van der Waals surface area (Å²) in [5.41, 5.74) is 4.27. The number of ether oxygens (including phenoxy) is 1. The number of aromatic nitrogens is 1. The number of hydrogen-bond acceptors (Lipinski definition) is 4. The van der Waals surface area contributed by atoms with Crippen molar-refractivity contribution in [1.82, 2.24) is 4.98 Å². The highest BCUT2D eigenvalue weighted by atomic mass is 16.5. The summed E-state index contributed by atoms with van der Waals surface area (Å²) in [4.78, 5) is 17.1. The maximum atomic E-state index is 13.6. The number of phenols is 1. The van der Waals surface area contributed by atoms with Crippen molar-refractivity contribution in [3.05, 3.63) is 95.2 Å². The van der Waals surface area contributed by atoms with Crippen LogP contribution in [0, 0.1) is 11.3 Å². The van der Waals surface area contributed by atoms with E-state index in [1.54, 1.807) is 18.2 Å². The minimum absolute atomic E-state index is 0.0860. The number of benzene rings is 4. The number of aromatic hydroxyl groups is 1. The molecule has 4 aromatic carbocycles. The van der Waals surface area contributed by atoms with Gasteiger partial charge in [-0.25, -0.2) is 4.79 Å². The van der Waals surface area contributed by atoms with Crippen LogP contribution in [0.25, 0.3) is 32.8 Å². The molecule has 0 aliphatic rings. The van der Waals surface area contributed by atoms with Crippen LogP contribution in [-0.4, -0.2) is 16.1 Å². The molecule has 5 heteroatoms. The van der Waals surface area contributed by atoms with E-state index in [4.69, 9.17) is 4.74 Å². The van der Waals surface area contributed by atoms with Gasteiger partial charge < -0.3 is 14.8 Å². The van der Waals surface area contributed by atoms with Crippen LogP contribution in [0.15, 0.2) is 72.8 Å². The maximum Gasteiger partial charge on any atom is 0.347 e. The van der Waals surface area contributed by atoms with Crippen LogP contribution >= 0.6 is 0 Å². The van der Waals surface area contributed by atoms with Crippen molar-refractivity contribution in [1.29, 1.82) is 5.26 Å². The van der Waals surface area contributed by atoms with Gasteiger partial charge in [-0.2, -0.15) is 5.26 Å². The number of rotatable bonds is 4. The van der Waals surface area contributed by atoms with Gasteiger partial charge >= 0.3 is 5.97 Å². The van der Waals surface area contributed by atoms with Crippen LogP contribution in [0.5, 0.6) is 11.5 Å². The first-order valence-electron chi connectivity index (χ1n) is 12.7. The van der Waals surface area contributed by atoms with Crippen molar-refractivity contribution < 1.29 is 14.6 Å². The van der Waals surface area contributed by atoms with Crippen LogP contribution in [0.4, 0.5) is 0 Å². The maximum absolute atomic E-state index is 13.6.